The lowest BCUT2D eigenvalue weighted by Crippen LogP contribution is -2.32. The molecule has 0 aliphatic carbocycles. The van der Waals surface area contributed by atoms with Crippen LogP contribution in [0.1, 0.15) is 12.6 Å². The van der Waals surface area contributed by atoms with Gasteiger partial charge in [0.15, 0.2) is 5.13 Å². The van der Waals surface area contributed by atoms with Crippen molar-refractivity contribution in [1.29, 1.82) is 0 Å². The number of pyridine rings is 1. The molecule has 0 saturated carbocycles. The maximum absolute atomic E-state index is 12.6. The summed E-state index contributed by atoms with van der Waals surface area (Å²) in [5, 5.41) is 5.18. The molecule has 1 fully saturated rings. The summed E-state index contributed by atoms with van der Waals surface area (Å²) in [5.41, 5.74) is 0.662. The fraction of sp³-hybridized carbons (Fsp3) is 0.333. The summed E-state index contributed by atoms with van der Waals surface area (Å²) in [7, 11) is 0. The first-order chi connectivity index (χ1) is 11.6. The van der Waals surface area contributed by atoms with Gasteiger partial charge in [0.05, 0.1) is 12.1 Å². The van der Waals surface area contributed by atoms with E-state index in [1.165, 1.54) is 11.3 Å². The second kappa shape index (κ2) is 7.27. The van der Waals surface area contributed by atoms with E-state index in [2.05, 4.69) is 31.2 Å². The molecule has 1 saturated heterocycles. The highest BCUT2D eigenvalue weighted by Crippen LogP contribution is 2.23. The zero-order valence-corrected chi connectivity index (χ0v) is 15.4. The van der Waals surface area contributed by atoms with Crippen molar-refractivity contribution >= 4 is 50.2 Å². The van der Waals surface area contributed by atoms with Crippen LogP contribution in [0.2, 0.25) is 0 Å². The van der Waals surface area contributed by atoms with Crippen LogP contribution in [0.25, 0.3) is 0 Å². The van der Waals surface area contributed by atoms with E-state index in [4.69, 9.17) is 0 Å². The number of nitrogens with zero attached hydrogens (tertiary/aromatic N) is 4. The van der Waals surface area contributed by atoms with Gasteiger partial charge in [0, 0.05) is 35.7 Å². The summed E-state index contributed by atoms with van der Waals surface area (Å²) in [6, 6.07) is 3.51. The SMILES string of the molecule is CCN(C(=O)Cc1csc(N2CCNC2=O)n1)c1ccc(Br)cn1. The monoisotopic (exact) mass is 409 g/mol. The maximum atomic E-state index is 12.6. The average molecular weight is 410 g/mol. The Labute approximate surface area is 151 Å². The highest BCUT2D eigenvalue weighted by molar-refractivity contribution is 9.10. The van der Waals surface area contributed by atoms with Crippen molar-refractivity contribution in [3.05, 3.63) is 33.9 Å². The highest BCUT2D eigenvalue weighted by Gasteiger charge is 2.24. The van der Waals surface area contributed by atoms with Crippen LogP contribution in [0.4, 0.5) is 15.7 Å². The van der Waals surface area contributed by atoms with Crippen LogP contribution in [0, 0.1) is 0 Å². The van der Waals surface area contributed by atoms with Gasteiger partial charge in [-0.1, -0.05) is 0 Å². The number of urea groups is 1. The van der Waals surface area contributed by atoms with E-state index in [0.717, 1.165) is 4.47 Å². The number of nitrogens with one attached hydrogen (secondary N) is 1. The molecule has 0 unspecified atom stereocenters. The van der Waals surface area contributed by atoms with Crippen molar-refractivity contribution in [2.75, 3.05) is 29.4 Å². The lowest BCUT2D eigenvalue weighted by atomic mass is 10.3. The molecular formula is C15H16BrN5O2S. The van der Waals surface area contributed by atoms with Crippen LogP contribution in [-0.4, -0.2) is 41.5 Å². The van der Waals surface area contributed by atoms with Crippen LogP contribution in [-0.2, 0) is 11.2 Å². The molecule has 0 radical (unpaired) electrons. The lowest BCUT2D eigenvalue weighted by Gasteiger charge is -2.19. The highest BCUT2D eigenvalue weighted by atomic mass is 79.9. The number of carbonyl (C=O) groups is 2. The quantitative estimate of drug-likeness (QED) is 0.822. The van der Waals surface area contributed by atoms with Gasteiger partial charge in [-0.05, 0) is 35.0 Å². The molecule has 126 valence electrons. The predicted octanol–water partition coefficient (Wildman–Crippen LogP) is 2.43. The summed E-state index contributed by atoms with van der Waals surface area (Å²) in [6.07, 6.45) is 1.84. The Morgan fingerprint density at radius 1 is 1.50 bits per heavy atom. The number of aromatic nitrogens is 2. The normalized spacial score (nSPS) is 13.9. The van der Waals surface area contributed by atoms with Crippen molar-refractivity contribution in [3.63, 3.8) is 0 Å². The van der Waals surface area contributed by atoms with Crippen LogP contribution in [0.15, 0.2) is 28.2 Å². The van der Waals surface area contributed by atoms with Gasteiger partial charge in [-0.25, -0.2) is 14.8 Å². The molecular weight excluding hydrogens is 394 g/mol. The molecule has 2 aromatic rings. The van der Waals surface area contributed by atoms with Gasteiger partial charge in [-0.3, -0.25) is 14.6 Å². The van der Waals surface area contributed by atoms with Gasteiger partial charge < -0.3 is 5.32 Å². The number of hydrogen-bond donors (Lipinski definition) is 1. The van der Waals surface area contributed by atoms with E-state index in [9.17, 15) is 9.59 Å². The van der Waals surface area contributed by atoms with Gasteiger partial charge >= 0.3 is 6.03 Å². The first kappa shape index (κ1) is 16.8. The molecule has 7 nitrogen and oxygen atoms in total. The molecule has 3 rings (SSSR count). The zero-order valence-electron chi connectivity index (χ0n) is 13.0. The Kier molecular flexibility index (Phi) is 5.10. The fourth-order valence-electron chi connectivity index (χ4n) is 2.40. The first-order valence-electron chi connectivity index (χ1n) is 7.50. The summed E-state index contributed by atoms with van der Waals surface area (Å²) in [4.78, 5) is 36.1. The number of amides is 3. The summed E-state index contributed by atoms with van der Waals surface area (Å²) >= 11 is 4.71. The summed E-state index contributed by atoms with van der Waals surface area (Å²) < 4.78 is 0.864. The second-order valence-corrected chi connectivity index (χ2v) is 6.91. The van der Waals surface area contributed by atoms with E-state index >= 15 is 0 Å². The van der Waals surface area contributed by atoms with E-state index in [1.807, 2.05) is 18.4 Å². The number of hydrogen-bond acceptors (Lipinski definition) is 5. The van der Waals surface area contributed by atoms with Gasteiger partial charge in [0.1, 0.15) is 5.82 Å². The van der Waals surface area contributed by atoms with Crippen molar-refractivity contribution in [3.8, 4) is 0 Å². The summed E-state index contributed by atoms with van der Waals surface area (Å²) in [6.45, 7) is 3.65. The van der Waals surface area contributed by atoms with Crippen molar-refractivity contribution in [1.82, 2.24) is 15.3 Å². The smallest absolute Gasteiger partial charge is 0.323 e. The van der Waals surface area contributed by atoms with E-state index in [-0.39, 0.29) is 18.4 Å². The van der Waals surface area contributed by atoms with Gasteiger partial charge in [0.25, 0.3) is 0 Å². The van der Waals surface area contributed by atoms with Crippen molar-refractivity contribution < 1.29 is 9.59 Å². The molecule has 2 aromatic heterocycles. The fourth-order valence-corrected chi connectivity index (χ4v) is 3.48. The molecule has 0 bridgehead atoms. The third-order valence-electron chi connectivity index (χ3n) is 3.57. The number of carbonyl (C=O) groups excluding carboxylic acids is 2. The molecule has 1 aliphatic rings. The molecule has 9 heteroatoms. The Morgan fingerprint density at radius 3 is 2.96 bits per heavy atom. The van der Waals surface area contributed by atoms with Crippen LogP contribution >= 0.6 is 27.3 Å². The van der Waals surface area contributed by atoms with Crippen molar-refractivity contribution in [2.24, 2.45) is 0 Å². The third kappa shape index (κ3) is 3.57. The predicted molar refractivity (Wildman–Crippen MR) is 96.5 cm³/mol. The molecule has 3 heterocycles. The largest absolute Gasteiger partial charge is 0.336 e. The molecule has 1 aliphatic heterocycles. The lowest BCUT2D eigenvalue weighted by molar-refractivity contribution is -0.118. The topological polar surface area (TPSA) is 78.4 Å². The molecule has 24 heavy (non-hydrogen) atoms. The molecule has 0 spiro atoms. The van der Waals surface area contributed by atoms with Crippen LogP contribution in [0.5, 0.6) is 0 Å². The second-order valence-electron chi connectivity index (χ2n) is 5.15. The number of anilines is 2. The maximum Gasteiger partial charge on any atom is 0.323 e. The molecule has 0 atom stereocenters. The van der Waals surface area contributed by atoms with Gasteiger partial charge in [-0.2, -0.15) is 0 Å². The minimum atomic E-state index is -0.142. The molecule has 0 aromatic carbocycles. The van der Waals surface area contributed by atoms with Crippen molar-refractivity contribution in [2.45, 2.75) is 13.3 Å². The standard InChI is InChI=1S/C15H16BrN5O2S/c1-2-20(12-4-3-10(16)8-18-12)13(22)7-11-9-24-15(19-11)21-6-5-17-14(21)23/h3-4,8-9H,2,5-7H2,1H3,(H,17,23). The van der Waals surface area contributed by atoms with Crippen LogP contribution in [0.3, 0.4) is 0 Å². The Hall–Kier alpha value is -2.00. The van der Waals surface area contributed by atoms with Crippen LogP contribution < -0.4 is 15.1 Å². The molecule has 1 N–H and O–H groups in total. The number of likely N-dealkylation sites (N-methyl/N-ethyl adjacent to an activating group) is 1. The van der Waals surface area contributed by atoms with Gasteiger partial charge in [0.2, 0.25) is 5.91 Å². The van der Waals surface area contributed by atoms with Gasteiger partial charge in [-0.15, -0.1) is 11.3 Å². The molecule has 3 amide bonds. The Balaban J connectivity index is 1.70. The minimum absolute atomic E-state index is 0.0740. The third-order valence-corrected chi connectivity index (χ3v) is 4.95. The van der Waals surface area contributed by atoms with E-state index in [0.29, 0.717) is 36.3 Å². The summed E-state index contributed by atoms with van der Waals surface area (Å²) in [5.74, 6) is 0.537. The minimum Gasteiger partial charge on any atom is -0.336 e. The van der Waals surface area contributed by atoms with E-state index in [1.54, 1.807) is 22.1 Å². The number of thiazole rings is 1. The Bertz CT molecular complexity index is 749. The Morgan fingerprint density at radius 2 is 2.33 bits per heavy atom. The zero-order chi connectivity index (χ0) is 17.1. The number of rotatable bonds is 5. The average Bonchev–Trinajstić information content (AvgIpc) is 3.18. The number of halogens is 1. The van der Waals surface area contributed by atoms with E-state index < -0.39 is 0 Å². The first-order valence-corrected chi connectivity index (χ1v) is 9.17.